The first-order valence-corrected chi connectivity index (χ1v) is 9.85. The monoisotopic (exact) mass is 381 g/mol. The van der Waals surface area contributed by atoms with Crippen molar-refractivity contribution in [1.29, 1.82) is 0 Å². The van der Waals surface area contributed by atoms with Crippen LogP contribution in [0, 0.1) is 0 Å². The summed E-state index contributed by atoms with van der Waals surface area (Å²) in [4.78, 5) is 14.1. The second kappa shape index (κ2) is 8.62. The van der Waals surface area contributed by atoms with Gasteiger partial charge in [0.15, 0.2) is 11.2 Å². The SMILES string of the molecule is COc1ccc(-n2nnc3cnc(CCCCN4CCN(C)CC4)nc32)cc1. The second-order valence-electron chi connectivity index (χ2n) is 7.30. The Balaban J connectivity index is 1.38. The molecule has 1 fully saturated rings. The summed E-state index contributed by atoms with van der Waals surface area (Å²) in [6.07, 6.45) is 4.89. The summed E-state index contributed by atoms with van der Waals surface area (Å²) in [5.74, 6) is 1.66. The van der Waals surface area contributed by atoms with Crippen LogP contribution in [-0.2, 0) is 6.42 Å². The van der Waals surface area contributed by atoms with Crippen LogP contribution in [0.4, 0.5) is 0 Å². The van der Waals surface area contributed by atoms with E-state index in [0.29, 0.717) is 5.52 Å². The average molecular weight is 381 g/mol. The minimum Gasteiger partial charge on any atom is -0.497 e. The topological polar surface area (TPSA) is 72.2 Å². The first-order valence-electron chi connectivity index (χ1n) is 9.85. The third kappa shape index (κ3) is 4.28. The molecule has 8 nitrogen and oxygen atoms in total. The molecule has 0 amide bonds. The lowest BCUT2D eigenvalue weighted by molar-refractivity contribution is 0.152. The van der Waals surface area contributed by atoms with Crippen molar-refractivity contribution >= 4 is 11.2 Å². The standard InChI is InChI=1S/C20H27N7O/c1-25-11-13-26(14-12-25)10-4-3-5-19-21-15-18-20(22-19)27(24-23-18)16-6-8-17(28-2)9-7-16/h6-9,15H,3-5,10-14H2,1-2H3. The molecule has 28 heavy (non-hydrogen) atoms. The number of fused-ring (bicyclic) bond motifs is 1. The molecule has 0 spiro atoms. The summed E-state index contributed by atoms with van der Waals surface area (Å²) < 4.78 is 6.97. The highest BCUT2D eigenvalue weighted by atomic mass is 16.5. The van der Waals surface area contributed by atoms with Crippen molar-refractivity contribution in [3.8, 4) is 11.4 Å². The van der Waals surface area contributed by atoms with E-state index < -0.39 is 0 Å². The number of ether oxygens (including phenoxy) is 1. The quantitative estimate of drug-likeness (QED) is 0.578. The van der Waals surface area contributed by atoms with Crippen molar-refractivity contribution in [3.63, 3.8) is 0 Å². The summed E-state index contributed by atoms with van der Waals surface area (Å²) in [5, 5.41) is 8.43. The van der Waals surface area contributed by atoms with E-state index >= 15 is 0 Å². The Bertz CT molecular complexity index is 901. The van der Waals surface area contributed by atoms with Gasteiger partial charge in [0.05, 0.1) is 19.0 Å². The number of benzene rings is 1. The number of unbranched alkanes of at least 4 members (excludes halogenated alkanes) is 1. The fraction of sp³-hybridized carbons (Fsp3) is 0.500. The second-order valence-corrected chi connectivity index (χ2v) is 7.30. The molecule has 1 aromatic carbocycles. The Morgan fingerprint density at radius 1 is 1.04 bits per heavy atom. The van der Waals surface area contributed by atoms with Gasteiger partial charge in [0.1, 0.15) is 11.6 Å². The molecule has 0 radical (unpaired) electrons. The van der Waals surface area contributed by atoms with Gasteiger partial charge in [-0.15, -0.1) is 5.10 Å². The first-order chi connectivity index (χ1) is 13.7. The molecule has 3 aromatic rings. The maximum atomic E-state index is 5.22. The van der Waals surface area contributed by atoms with Crippen molar-refractivity contribution in [2.24, 2.45) is 0 Å². The predicted octanol–water partition coefficient (Wildman–Crippen LogP) is 1.79. The van der Waals surface area contributed by atoms with E-state index in [1.165, 1.54) is 32.6 Å². The third-order valence-electron chi connectivity index (χ3n) is 5.28. The molecule has 4 rings (SSSR count). The highest BCUT2D eigenvalue weighted by Crippen LogP contribution is 2.18. The average Bonchev–Trinajstić information content (AvgIpc) is 3.16. The molecule has 3 heterocycles. The Labute approximate surface area is 165 Å². The molecule has 148 valence electrons. The molecule has 0 saturated carbocycles. The molecule has 1 saturated heterocycles. The van der Waals surface area contributed by atoms with Crippen LogP contribution in [0.15, 0.2) is 30.5 Å². The van der Waals surface area contributed by atoms with Gasteiger partial charge in [-0.2, -0.15) is 4.68 Å². The van der Waals surface area contributed by atoms with Gasteiger partial charge in [0.25, 0.3) is 0 Å². The molecule has 0 N–H and O–H groups in total. The van der Waals surface area contributed by atoms with Crippen LogP contribution in [0.5, 0.6) is 5.75 Å². The molecule has 0 aliphatic carbocycles. The minimum absolute atomic E-state index is 0.706. The van der Waals surface area contributed by atoms with Gasteiger partial charge >= 0.3 is 0 Å². The summed E-state index contributed by atoms with van der Waals surface area (Å²) in [7, 11) is 3.85. The number of methoxy groups -OCH3 is 1. The van der Waals surface area contributed by atoms with Gasteiger partial charge < -0.3 is 14.5 Å². The molecular formula is C20H27N7O. The normalized spacial score (nSPS) is 15.9. The lowest BCUT2D eigenvalue weighted by atomic mass is 10.2. The Morgan fingerprint density at radius 3 is 2.57 bits per heavy atom. The Morgan fingerprint density at radius 2 is 1.82 bits per heavy atom. The number of nitrogens with zero attached hydrogens (tertiary/aromatic N) is 7. The highest BCUT2D eigenvalue weighted by Gasteiger charge is 2.13. The largest absolute Gasteiger partial charge is 0.497 e. The van der Waals surface area contributed by atoms with Crippen LogP contribution in [-0.4, -0.2) is 81.6 Å². The number of piperazine rings is 1. The molecular weight excluding hydrogens is 354 g/mol. The Kier molecular flexibility index (Phi) is 5.78. The van der Waals surface area contributed by atoms with E-state index in [9.17, 15) is 0 Å². The number of aryl methyl sites for hydroxylation is 1. The summed E-state index contributed by atoms with van der Waals surface area (Å²) in [5.41, 5.74) is 2.36. The molecule has 1 aliphatic heterocycles. The molecule has 0 atom stereocenters. The van der Waals surface area contributed by atoms with Crippen molar-refractivity contribution < 1.29 is 4.74 Å². The van der Waals surface area contributed by atoms with E-state index in [2.05, 4.69) is 32.1 Å². The van der Waals surface area contributed by atoms with Gasteiger partial charge in [-0.1, -0.05) is 5.21 Å². The Hall–Kier alpha value is -2.58. The van der Waals surface area contributed by atoms with Gasteiger partial charge in [0.2, 0.25) is 0 Å². The van der Waals surface area contributed by atoms with Crippen LogP contribution >= 0.6 is 0 Å². The number of aromatic nitrogens is 5. The summed E-state index contributed by atoms with van der Waals surface area (Å²) in [6.45, 7) is 5.84. The van der Waals surface area contributed by atoms with Crippen molar-refractivity contribution in [3.05, 3.63) is 36.3 Å². The van der Waals surface area contributed by atoms with Crippen LogP contribution in [0.1, 0.15) is 18.7 Å². The maximum Gasteiger partial charge on any atom is 0.187 e. The number of hydrogen-bond acceptors (Lipinski definition) is 7. The van der Waals surface area contributed by atoms with Crippen molar-refractivity contribution in [2.45, 2.75) is 19.3 Å². The van der Waals surface area contributed by atoms with Crippen LogP contribution < -0.4 is 4.74 Å². The zero-order valence-electron chi connectivity index (χ0n) is 16.6. The number of likely N-dealkylation sites (N-methyl/N-ethyl adjacent to an activating group) is 1. The van der Waals surface area contributed by atoms with Gasteiger partial charge in [0, 0.05) is 32.6 Å². The van der Waals surface area contributed by atoms with Crippen molar-refractivity contribution in [1.82, 2.24) is 34.8 Å². The fourth-order valence-electron chi connectivity index (χ4n) is 3.47. The van der Waals surface area contributed by atoms with E-state index in [-0.39, 0.29) is 0 Å². The molecule has 2 aromatic heterocycles. The van der Waals surface area contributed by atoms with Crippen molar-refractivity contribution in [2.75, 3.05) is 46.9 Å². The first kappa shape index (κ1) is 18.8. The van der Waals surface area contributed by atoms with Crippen LogP contribution in [0.2, 0.25) is 0 Å². The zero-order valence-corrected chi connectivity index (χ0v) is 16.6. The molecule has 0 bridgehead atoms. The van der Waals surface area contributed by atoms with Crippen LogP contribution in [0.25, 0.3) is 16.9 Å². The van der Waals surface area contributed by atoms with E-state index in [1.807, 2.05) is 24.3 Å². The maximum absolute atomic E-state index is 5.22. The predicted molar refractivity (Wildman–Crippen MR) is 108 cm³/mol. The van der Waals surface area contributed by atoms with E-state index in [4.69, 9.17) is 9.72 Å². The van der Waals surface area contributed by atoms with Gasteiger partial charge in [-0.25, -0.2) is 9.97 Å². The minimum atomic E-state index is 0.706. The lowest BCUT2D eigenvalue weighted by Gasteiger charge is -2.32. The zero-order chi connectivity index (χ0) is 19.3. The van der Waals surface area contributed by atoms with E-state index in [0.717, 1.165) is 42.3 Å². The van der Waals surface area contributed by atoms with E-state index in [1.54, 1.807) is 18.0 Å². The number of hydrogen-bond donors (Lipinski definition) is 0. The smallest absolute Gasteiger partial charge is 0.187 e. The summed E-state index contributed by atoms with van der Waals surface area (Å²) >= 11 is 0. The fourth-order valence-corrected chi connectivity index (χ4v) is 3.47. The molecule has 0 unspecified atom stereocenters. The molecule has 8 heteroatoms. The molecule has 1 aliphatic rings. The summed E-state index contributed by atoms with van der Waals surface area (Å²) in [6, 6.07) is 7.71. The lowest BCUT2D eigenvalue weighted by Crippen LogP contribution is -2.44. The van der Waals surface area contributed by atoms with Gasteiger partial charge in [-0.3, -0.25) is 0 Å². The van der Waals surface area contributed by atoms with Crippen LogP contribution in [0.3, 0.4) is 0 Å². The third-order valence-corrected chi connectivity index (χ3v) is 5.28. The number of rotatable bonds is 7. The van der Waals surface area contributed by atoms with Gasteiger partial charge in [-0.05, 0) is 50.7 Å². The highest BCUT2D eigenvalue weighted by molar-refractivity contribution is 5.70.